The molecule has 1 aromatic rings. The zero-order chi connectivity index (χ0) is 12.7. The number of carbonyl (C=O) groups excluding carboxylic acids is 1. The second-order valence-corrected chi connectivity index (χ2v) is 4.62. The Morgan fingerprint density at radius 2 is 1.88 bits per heavy atom. The molecule has 0 radical (unpaired) electrons. The maximum Gasteiger partial charge on any atom is 0.311 e. The van der Waals surface area contributed by atoms with Crippen LogP contribution in [0.4, 0.5) is 0 Å². The zero-order valence-electron chi connectivity index (χ0n) is 11.0. The van der Waals surface area contributed by atoms with Crippen molar-refractivity contribution in [1.82, 2.24) is 0 Å². The van der Waals surface area contributed by atoms with Crippen LogP contribution >= 0.6 is 0 Å². The van der Waals surface area contributed by atoms with Crippen LogP contribution in [0.15, 0.2) is 30.3 Å². The Bertz CT molecular complexity index is 345. The van der Waals surface area contributed by atoms with Gasteiger partial charge in [0.25, 0.3) is 0 Å². The van der Waals surface area contributed by atoms with Gasteiger partial charge in [-0.1, -0.05) is 37.3 Å². The Balaban J connectivity index is 2.60. The number of benzene rings is 1. The predicted molar refractivity (Wildman–Crippen MR) is 69.8 cm³/mol. The summed E-state index contributed by atoms with van der Waals surface area (Å²) in [5.74, 6) is -0.0709. The Morgan fingerprint density at radius 1 is 1.24 bits per heavy atom. The molecule has 0 spiro atoms. The van der Waals surface area contributed by atoms with E-state index in [4.69, 9.17) is 4.74 Å². The molecule has 17 heavy (non-hydrogen) atoms. The van der Waals surface area contributed by atoms with Crippen molar-refractivity contribution in [2.45, 2.75) is 40.0 Å². The van der Waals surface area contributed by atoms with Gasteiger partial charge in [0.1, 0.15) is 0 Å². The van der Waals surface area contributed by atoms with Crippen LogP contribution in [0.3, 0.4) is 0 Å². The van der Waals surface area contributed by atoms with E-state index in [1.165, 1.54) is 5.56 Å². The van der Waals surface area contributed by atoms with E-state index in [0.29, 0.717) is 6.61 Å². The first kappa shape index (κ1) is 13.8. The van der Waals surface area contributed by atoms with E-state index in [2.05, 4.69) is 12.1 Å². The van der Waals surface area contributed by atoms with Crippen LogP contribution in [0.2, 0.25) is 0 Å². The standard InChI is InChI=1S/C15H22O2/c1-4-15(3,14(16)17-5-2)12-11-13-9-7-6-8-10-13/h6-10H,4-5,11-12H2,1-3H3. The summed E-state index contributed by atoms with van der Waals surface area (Å²) in [5.41, 5.74) is 0.919. The molecule has 0 N–H and O–H groups in total. The van der Waals surface area contributed by atoms with Crippen LogP contribution in [-0.2, 0) is 16.0 Å². The lowest BCUT2D eigenvalue weighted by Crippen LogP contribution is -2.29. The summed E-state index contributed by atoms with van der Waals surface area (Å²) in [6.45, 7) is 6.35. The van der Waals surface area contributed by atoms with E-state index < -0.39 is 0 Å². The maximum atomic E-state index is 11.9. The lowest BCUT2D eigenvalue weighted by molar-refractivity contribution is -0.155. The van der Waals surface area contributed by atoms with Crippen molar-refractivity contribution in [3.63, 3.8) is 0 Å². The summed E-state index contributed by atoms with van der Waals surface area (Å²) in [5, 5.41) is 0. The molecular formula is C15H22O2. The van der Waals surface area contributed by atoms with Crippen molar-refractivity contribution in [2.24, 2.45) is 5.41 Å². The summed E-state index contributed by atoms with van der Waals surface area (Å²) in [6.07, 6.45) is 2.58. The fourth-order valence-electron chi connectivity index (χ4n) is 1.79. The number of hydrogen-bond acceptors (Lipinski definition) is 2. The van der Waals surface area contributed by atoms with Crippen LogP contribution in [0.25, 0.3) is 0 Å². The molecule has 1 atom stereocenters. The second kappa shape index (κ2) is 6.43. The monoisotopic (exact) mass is 234 g/mol. The van der Waals surface area contributed by atoms with Gasteiger partial charge in [0.05, 0.1) is 12.0 Å². The molecule has 94 valence electrons. The average molecular weight is 234 g/mol. The van der Waals surface area contributed by atoms with E-state index in [0.717, 1.165) is 19.3 Å². The number of carbonyl (C=O) groups is 1. The zero-order valence-corrected chi connectivity index (χ0v) is 11.0. The van der Waals surface area contributed by atoms with E-state index in [1.807, 2.05) is 39.0 Å². The third-order valence-corrected chi connectivity index (χ3v) is 3.36. The lowest BCUT2D eigenvalue weighted by atomic mass is 9.82. The van der Waals surface area contributed by atoms with Crippen molar-refractivity contribution in [3.8, 4) is 0 Å². The van der Waals surface area contributed by atoms with Crippen LogP contribution < -0.4 is 0 Å². The highest BCUT2D eigenvalue weighted by Crippen LogP contribution is 2.29. The number of ether oxygens (including phenoxy) is 1. The van der Waals surface area contributed by atoms with Crippen LogP contribution in [0.5, 0.6) is 0 Å². The van der Waals surface area contributed by atoms with Crippen molar-refractivity contribution < 1.29 is 9.53 Å². The number of hydrogen-bond donors (Lipinski definition) is 0. The van der Waals surface area contributed by atoms with Crippen molar-refractivity contribution in [2.75, 3.05) is 6.61 Å². The highest BCUT2D eigenvalue weighted by molar-refractivity contribution is 5.76. The molecule has 0 aliphatic carbocycles. The molecule has 0 aromatic heterocycles. The topological polar surface area (TPSA) is 26.3 Å². The average Bonchev–Trinajstić information content (AvgIpc) is 2.37. The molecule has 2 nitrogen and oxygen atoms in total. The van der Waals surface area contributed by atoms with Gasteiger partial charge in [0.2, 0.25) is 0 Å². The molecule has 0 saturated heterocycles. The summed E-state index contributed by atoms with van der Waals surface area (Å²) >= 11 is 0. The first-order chi connectivity index (χ1) is 8.12. The van der Waals surface area contributed by atoms with E-state index in [9.17, 15) is 4.79 Å². The minimum absolute atomic E-state index is 0.0709. The highest BCUT2D eigenvalue weighted by atomic mass is 16.5. The van der Waals surface area contributed by atoms with Gasteiger partial charge in [-0.2, -0.15) is 0 Å². The minimum Gasteiger partial charge on any atom is -0.466 e. The molecule has 0 saturated carbocycles. The molecule has 2 heteroatoms. The molecule has 0 aliphatic heterocycles. The number of rotatable bonds is 6. The van der Waals surface area contributed by atoms with Gasteiger partial charge in [-0.05, 0) is 38.7 Å². The van der Waals surface area contributed by atoms with Crippen LogP contribution in [-0.4, -0.2) is 12.6 Å². The predicted octanol–water partition coefficient (Wildman–Crippen LogP) is 3.60. The molecule has 1 unspecified atom stereocenters. The SMILES string of the molecule is CCOC(=O)C(C)(CC)CCc1ccccc1. The first-order valence-corrected chi connectivity index (χ1v) is 6.33. The summed E-state index contributed by atoms with van der Waals surface area (Å²) in [7, 11) is 0. The van der Waals surface area contributed by atoms with Crippen molar-refractivity contribution >= 4 is 5.97 Å². The molecule has 0 heterocycles. The van der Waals surface area contributed by atoms with Gasteiger partial charge in [-0.15, -0.1) is 0 Å². The normalized spacial score (nSPS) is 14.1. The molecule has 0 amide bonds. The second-order valence-electron chi connectivity index (χ2n) is 4.62. The number of esters is 1. The Labute approximate surface area is 104 Å². The molecular weight excluding hydrogens is 212 g/mol. The largest absolute Gasteiger partial charge is 0.466 e. The van der Waals surface area contributed by atoms with Gasteiger partial charge in [0, 0.05) is 0 Å². The Hall–Kier alpha value is -1.31. The van der Waals surface area contributed by atoms with E-state index in [-0.39, 0.29) is 11.4 Å². The smallest absolute Gasteiger partial charge is 0.311 e. The Kier molecular flexibility index (Phi) is 5.20. The third kappa shape index (κ3) is 3.88. The summed E-state index contributed by atoms with van der Waals surface area (Å²) < 4.78 is 5.15. The van der Waals surface area contributed by atoms with Gasteiger partial charge >= 0.3 is 5.97 Å². The van der Waals surface area contributed by atoms with Crippen LogP contribution in [0.1, 0.15) is 39.2 Å². The third-order valence-electron chi connectivity index (χ3n) is 3.36. The first-order valence-electron chi connectivity index (χ1n) is 6.33. The van der Waals surface area contributed by atoms with Gasteiger partial charge in [-0.3, -0.25) is 4.79 Å². The van der Waals surface area contributed by atoms with Gasteiger partial charge in [-0.25, -0.2) is 0 Å². The minimum atomic E-state index is -0.355. The molecule has 1 aromatic carbocycles. The van der Waals surface area contributed by atoms with Crippen LogP contribution in [0, 0.1) is 5.41 Å². The molecule has 0 fully saturated rings. The maximum absolute atomic E-state index is 11.9. The number of aryl methyl sites for hydroxylation is 1. The quantitative estimate of drug-likeness (QED) is 0.703. The van der Waals surface area contributed by atoms with E-state index in [1.54, 1.807) is 0 Å². The molecule has 1 rings (SSSR count). The Morgan fingerprint density at radius 3 is 2.41 bits per heavy atom. The van der Waals surface area contributed by atoms with Gasteiger partial charge < -0.3 is 4.74 Å². The molecule has 0 bridgehead atoms. The summed E-state index contributed by atoms with van der Waals surface area (Å²) in [4.78, 5) is 11.9. The van der Waals surface area contributed by atoms with Crippen molar-refractivity contribution in [1.29, 1.82) is 0 Å². The fraction of sp³-hybridized carbons (Fsp3) is 0.533. The van der Waals surface area contributed by atoms with E-state index >= 15 is 0 Å². The summed E-state index contributed by atoms with van der Waals surface area (Å²) in [6, 6.07) is 10.3. The fourth-order valence-corrected chi connectivity index (χ4v) is 1.79. The molecule has 0 aliphatic rings. The lowest BCUT2D eigenvalue weighted by Gasteiger charge is -2.25. The van der Waals surface area contributed by atoms with Crippen molar-refractivity contribution in [3.05, 3.63) is 35.9 Å². The van der Waals surface area contributed by atoms with Gasteiger partial charge in [0.15, 0.2) is 0 Å². The highest BCUT2D eigenvalue weighted by Gasteiger charge is 2.32.